The third kappa shape index (κ3) is 5.27. The molecule has 160 valence electrons. The molecule has 0 saturated carbocycles. The van der Waals surface area contributed by atoms with E-state index in [0.29, 0.717) is 19.9 Å². The molecule has 0 aliphatic carbocycles. The molecule has 1 heterocycles. The molecule has 7 heteroatoms. The lowest BCUT2D eigenvalue weighted by Crippen LogP contribution is -2.18. The van der Waals surface area contributed by atoms with Crippen molar-refractivity contribution in [2.45, 2.75) is 37.6 Å². The van der Waals surface area contributed by atoms with Gasteiger partial charge < -0.3 is 14.0 Å². The Morgan fingerprint density at radius 2 is 1.93 bits per heavy atom. The fraction of sp³-hybridized carbons (Fsp3) is 0.348. The minimum atomic E-state index is 0.389. The number of hydrogen-bond acceptors (Lipinski definition) is 6. The Balaban J connectivity index is 2.00. The molecule has 0 unspecified atom stereocenters. The van der Waals surface area contributed by atoms with E-state index in [1.165, 1.54) is 16.7 Å². The maximum absolute atomic E-state index is 5.75. The maximum Gasteiger partial charge on any atom is 0.187 e. The number of alkyl halides is 1. The van der Waals surface area contributed by atoms with Gasteiger partial charge in [-0.2, -0.15) is 0 Å². The highest BCUT2D eigenvalue weighted by Crippen LogP contribution is 2.38. The number of ether oxygens (including phenoxy) is 2. The third-order valence-electron chi connectivity index (χ3n) is 4.79. The molecule has 3 aromatic rings. The summed E-state index contributed by atoms with van der Waals surface area (Å²) in [6, 6.07) is 14.9. The normalized spacial score (nSPS) is 11.1. The summed E-state index contributed by atoms with van der Waals surface area (Å²) in [5.74, 6) is 1.59. The van der Waals surface area contributed by atoms with Crippen LogP contribution in [0.15, 0.2) is 51.9 Å². The van der Waals surface area contributed by atoms with Crippen molar-refractivity contribution in [3.63, 3.8) is 0 Å². The van der Waals surface area contributed by atoms with E-state index in [0.717, 1.165) is 32.9 Å². The smallest absolute Gasteiger partial charge is 0.187 e. The van der Waals surface area contributed by atoms with Crippen molar-refractivity contribution in [3.05, 3.63) is 64.9 Å². The molecule has 0 spiro atoms. The number of hydrogen-bond donors (Lipinski definition) is 0. The Morgan fingerprint density at radius 1 is 1.13 bits per heavy atom. The highest BCUT2D eigenvalue weighted by Gasteiger charge is 2.20. The molecule has 30 heavy (non-hydrogen) atoms. The van der Waals surface area contributed by atoms with Crippen LogP contribution in [-0.2, 0) is 21.4 Å². The molecule has 2 aromatic carbocycles. The van der Waals surface area contributed by atoms with Crippen molar-refractivity contribution in [1.82, 2.24) is 5.16 Å². The number of benzene rings is 2. The lowest BCUT2D eigenvalue weighted by molar-refractivity contribution is 0.134. The molecular weight excluding hydrogens is 464 g/mol. The fourth-order valence-electron chi connectivity index (χ4n) is 3.10. The van der Waals surface area contributed by atoms with Gasteiger partial charge in [-0.3, -0.25) is 4.31 Å². The Labute approximate surface area is 191 Å². The van der Waals surface area contributed by atoms with Gasteiger partial charge in [0.2, 0.25) is 0 Å². The molecule has 3 rings (SSSR count). The second kappa shape index (κ2) is 11.0. The van der Waals surface area contributed by atoms with Crippen molar-refractivity contribution in [2.75, 3.05) is 24.8 Å². The molecule has 0 aliphatic rings. The van der Waals surface area contributed by atoms with E-state index in [-0.39, 0.29) is 0 Å². The minimum absolute atomic E-state index is 0.389. The molecule has 0 atom stereocenters. The van der Waals surface area contributed by atoms with Gasteiger partial charge in [-0.25, -0.2) is 0 Å². The van der Waals surface area contributed by atoms with Gasteiger partial charge >= 0.3 is 0 Å². The summed E-state index contributed by atoms with van der Waals surface area (Å²) >= 11 is 5.15. The van der Waals surface area contributed by atoms with Gasteiger partial charge in [0.15, 0.2) is 5.82 Å². The number of methoxy groups -OCH3 is 1. The molecule has 5 nitrogen and oxygen atoms in total. The van der Waals surface area contributed by atoms with Crippen LogP contribution in [0, 0.1) is 13.8 Å². The predicted molar refractivity (Wildman–Crippen MR) is 126 cm³/mol. The summed E-state index contributed by atoms with van der Waals surface area (Å²) in [5, 5.41) is 5.05. The van der Waals surface area contributed by atoms with Gasteiger partial charge in [0.1, 0.15) is 12.5 Å². The maximum atomic E-state index is 5.75. The van der Waals surface area contributed by atoms with E-state index >= 15 is 0 Å². The number of anilines is 1. The van der Waals surface area contributed by atoms with E-state index in [9.17, 15) is 0 Å². The molecule has 0 amide bonds. The van der Waals surface area contributed by atoms with E-state index < -0.39 is 0 Å². The van der Waals surface area contributed by atoms with Gasteiger partial charge in [-0.1, -0.05) is 57.5 Å². The van der Waals surface area contributed by atoms with Crippen LogP contribution < -0.4 is 4.31 Å². The van der Waals surface area contributed by atoms with Crippen LogP contribution in [0.25, 0.3) is 11.1 Å². The molecule has 0 aliphatic heterocycles. The zero-order chi connectivity index (χ0) is 21.5. The van der Waals surface area contributed by atoms with Crippen molar-refractivity contribution < 1.29 is 14.0 Å². The van der Waals surface area contributed by atoms with Crippen LogP contribution in [0.2, 0.25) is 0 Å². The Bertz CT molecular complexity index is 977. The van der Waals surface area contributed by atoms with Crippen molar-refractivity contribution in [3.8, 4) is 11.1 Å². The number of halogens is 1. The predicted octanol–water partition coefficient (Wildman–Crippen LogP) is 6.51. The minimum Gasteiger partial charge on any atom is -0.377 e. The first-order valence-corrected chi connectivity index (χ1v) is 11.7. The van der Waals surface area contributed by atoms with Crippen LogP contribution in [0.4, 0.5) is 5.82 Å². The fourth-order valence-corrected chi connectivity index (χ4v) is 4.52. The van der Waals surface area contributed by atoms with Crippen LogP contribution >= 0.6 is 27.9 Å². The van der Waals surface area contributed by atoms with Crippen molar-refractivity contribution in [1.29, 1.82) is 0 Å². The first-order chi connectivity index (χ1) is 14.6. The first-order valence-electron chi connectivity index (χ1n) is 9.81. The Kier molecular flexibility index (Phi) is 8.39. The second-order valence-corrected chi connectivity index (χ2v) is 8.46. The number of nitrogens with zero attached hydrogens (tertiary/aromatic N) is 2. The standard InChI is InChI=1S/C23H27BrN2O3S/c1-5-28-14-19-12-18(13-24)10-11-20(19)21-8-6-7-9-22(21)30-26(15-27-4)23-16(2)17(3)29-25-23/h6-12H,5,13-15H2,1-4H3. The average molecular weight is 491 g/mol. The topological polar surface area (TPSA) is 47.7 Å². The SMILES string of the molecule is CCOCc1cc(CBr)ccc1-c1ccccc1SN(COC)c1noc(C)c1C. The molecular formula is C23H27BrN2O3S. The molecule has 0 radical (unpaired) electrons. The van der Waals surface area contributed by atoms with Crippen molar-refractivity contribution >= 4 is 33.7 Å². The Hall–Kier alpha value is -1.80. The average Bonchev–Trinajstić information content (AvgIpc) is 3.10. The van der Waals surface area contributed by atoms with Gasteiger partial charge in [0.05, 0.1) is 6.61 Å². The van der Waals surface area contributed by atoms with Gasteiger partial charge in [0, 0.05) is 29.5 Å². The van der Waals surface area contributed by atoms with Crippen LogP contribution in [0.5, 0.6) is 0 Å². The molecule has 0 N–H and O–H groups in total. The first kappa shape index (κ1) is 22.9. The summed E-state index contributed by atoms with van der Waals surface area (Å²) in [6.07, 6.45) is 0. The second-order valence-electron chi connectivity index (χ2n) is 6.83. The molecule has 0 fully saturated rings. The van der Waals surface area contributed by atoms with Crippen LogP contribution in [0.3, 0.4) is 0 Å². The number of aryl methyl sites for hydroxylation is 1. The molecule has 0 saturated heterocycles. The Morgan fingerprint density at radius 3 is 2.60 bits per heavy atom. The largest absolute Gasteiger partial charge is 0.377 e. The zero-order valence-electron chi connectivity index (χ0n) is 17.8. The quantitative estimate of drug-likeness (QED) is 0.183. The third-order valence-corrected chi connectivity index (χ3v) is 6.49. The zero-order valence-corrected chi connectivity index (χ0v) is 20.2. The molecule has 1 aromatic heterocycles. The molecule has 0 bridgehead atoms. The number of rotatable bonds is 10. The van der Waals surface area contributed by atoms with Gasteiger partial charge in [-0.05, 0) is 61.0 Å². The van der Waals surface area contributed by atoms with Gasteiger partial charge in [-0.15, -0.1) is 0 Å². The summed E-state index contributed by atoms with van der Waals surface area (Å²) in [7, 11) is 1.68. The lowest BCUT2D eigenvalue weighted by Gasteiger charge is -2.22. The van der Waals surface area contributed by atoms with E-state index in [1.54, 1.807) is 19.1 Å². The van der Waals surface area contributed by atoms with Crippen LogP contribution in [0.1, 0.15) is 29.4 Å². The van der Waals surface area contributed by atoms with Gasteiger partial charge in [0.25, 0.3) is 0 Å². The summed E-state index contributed by atoms with van der Waals surface area (Å²) in [6.45, 7) is 7.59. The highest BCUT2D eigenvalue weighted by atomic mass is 79.9. The summed E-state index contributed by atoms with van der Waals surface area (Å²) in [4.78, 5) is 1.11. The van der Waals surface area contributed by atoms with E-state index in [4.69, 9.17) is 14.0 Å². The van der Waals surface area contributed by atoms with Crippen LogP contribution in [-0.4, -0.2) is 25.6 Å². The number of aromatic nitrogens is 1. The summed E-state index contributed by atoms with van der Waals surface area (Å²) in [5.41, 5.74) is 5.73. The monoisotopic (exact) mass is 490 g/mol. The lowest BCUT2D eigenvalue weighted by atomic mass is 9.98. The van der Waals surface area contributed by atoms with Crippen molar-refractivity contribution in [2.24, 2.45) is 0 Å². The van der Waals surface area contributed by atoms with E-state index in [1.807, 2.05) is 31.1 Å². The van der Waals surface area contributed by atoms with E-state index in [2.05, 4.69) is 57.5 Å². The highest BCUT2D eigenvalue weighted by molar-refractivity contribution is 9.08. The summed E-state index contributed by atoms with van der Waals surface area (Å²) < 4.78 is 18.6.